The van der Waals surface area contributed by atoms with Crippen LogP contribution in [0.3, 0.4) is 0 Å². The largest absolute Gasteiger partial charge is 0.335 e. The van der Waals surface area contributed by atoms with E-state index in [9.17, 15) is 4.79 Å². The predicted octanol–water partition coefficient (Wildman–Crippen LogP) is 3.94. The van der Waals surface area contributed by atoms with Crippen molar-refractivity contribution in [1.82, 2.24) is 4.90 Å². The van der Waals surface area contributed by atoms with E-state index in [1.54, 1.807) is 0 Å². The fourth-order valence-electron chi connectivity index (χ4n) is 3.75. The normalized spacial score (nSPS) is 28.3. The molecule has 1 aromatic rings. The molecule has 1 amide bonds. The van der Waals surface area contributed by atoms with Crippen LogP contribution in [-0.4, -0.2) is 23.4 Å². The minimum atomic E-state index is 0. The summed E-state index contributed by atoms with van der Waals surface area (Å²) in [7, 11) is 0. The van der Waals surface area contributed by atoms with Crippen molar-refractivity contribution in [2.24, 2.45) is 11.7 Å². The molecule has 2 aliphatic rings. The molecule has 2 fully saturated rings. The van der Waals surface area contributed by atoms with E-state index in [0.717, 1.165) is 50.1 Å². The summed E-state index contributed by atoms with van der Waals surface area (Å²) in [5, 5.41) is 0.743. The summed E-state index contributed by atoms with van der Waals surface area (Å²) in [5.74, 6) is 0.434. The minimum absolute atomic E-state index is 0. The summed E-state index contributed by atoms with van der Waals surface area (Å²) in [6.45, 7) is 0.873. The van der Waals surface area contributed by atoms with Gasteiger partial charge in [0.15, 0.2) is 0 Å². The second-order valence-electron chi connectivity index (χ2n) is 6.36. The predicted molar refractivity (Wildman–Crippen MR) is 92.3 cm³/mol. The number of amides is 1. The zero-order valence-electron chi connectivity index (χ0n) is 12.7. The molecule has 2 N–H and O–H groups in total. The molecule has 3 unspecified atom stereocenters. The van der Waals surface area contributed by atoms with E-state index in [4.69, 9.17) is 17.3 Å². The maximum absolute atomic E-state index is 12.8. The van der Waals surface area contributed by atoms with Crippen LogP contribution in [0.2, 0.25) is 5.02 Å². The molecule has 0 spiro atoms. The van der Waals surface area contributed by atoms with Crippen LogP contribution in [-0.2, 0) is 4.79 Å². The Morgan fingerprint density at radius 1 is 1.14 bits per heavy atom. The standard InChI is InChI=1S/C17H23ClN2O.ClH/c18-14-8-6-12(7-9-14)16-5-2-10-20(16)17(21)13-3-1-4-15(19)11-13;/h6-9,13,15-16H,1-5,10-11,19H2;1H. The van der Waals surface area contributed by atoms with E-state index in [-0.39, 0.29) is 30.4 Å². The first kappa shape index (κ1) is 17.6. The molecule has 3 atom stereocenters. The fourth-order valence-corrected chi connectivity index (χ4v) is 3.87. The third-order valence-electron chi connectivity index (χ3n) is 4.85. The van der Waals surface area contributed by atoms with Crippen LogP contribution >= 0.6 is 24.0 Å². The molecule has 1 saturated heterocycles. The third kappa shape index (κ3) is 3.76. The first-order chi connectivity index (χ1) is 10.1. The van der Waals surface area contributed by atoms with Gasteiger partial charge in [0.25, 0.3) is 0 Å². The highest BCUT2D eigenvalue weighted by molar-refractivity contribution is 6.30. The highest BCUT2D eigenvalue weighted by atomic mass is 35.5. The van der Waals surface area contributed by atoms with Gasteiger partial charge in [-0.15, -0.1) is 12.4 Å². The van der Waals surface area contributed by atoms with E-state index in [2.05, 4.69) is 4.90 Å². The van der Waals surface area contributed by atoms with Crippen molar-refractivity contribution in [3.63, 3.8) is 0 Å². The van der Waals surface area contributed by atoms with Gasteiger partial charge in [-0.2, -0.15) is 0 Å². The lowest BCUT2D eigenvalue weighted by Crippen LogP contribution is -2.40. The summed E-state index contributed by atoms with van der Waals surface area (Å²) < 4.78 is 0. The van der Waals surface area contributed by atoms with Crippen molar-refractivity contribution >= 4 is 29.9 Å². The topological polar surface area (TPSA) is 46.3 Å². The molecule has 1 aliphatic carbocycles. The van der Waals surface area contributed by atoms with Crippen LogP contribution < -0.4 is 5.73 Å². The number of rotatable bonds is 2. The Kier molecular flexibility index (Phi) is 6.13. The second kappa shape index (κ2) is 7.67. The zero-order valence-corrected chi connectivity index (χ0v) is 14.3. The number of nitrogens with zero attached hydrogens (tertiary/aromatic N) is 1. The number of likely N-dealkylation sites (tertiary alicyclic amines) is 1. The molecular formula is C17H24Cl2N2O. The van der Waals surface area contributed by atoms with Crippen LogP contribution in [0, 0.1) is 5.92 Å². The first-order valence-electron chi connectivity index (χ1n) is 7.96. The first-order valence-corrected chi connectivity index (χ1v) is 8.34. The molecule has 22 heavy (non-hydrogen) atoms. The van der Waals surface area contributed by atoms with Gasteiger partial charge in [0, 0.05) is 23.5 Å². The monoisotopic (exact) mass is 342 g/mol. The van der Waals surface area contributed by atoms with Crippen molar-refractivity contribution in [1.29, 1.82) is 0 Å². The Morgan fingerprint density at radius 2 is 1.86 bits per heavy atom. The lowest BCUT2D eigenvalue weighted by atomic mass is 9.85. The molecule has 0 radical (unpaired) electrons. The van der Waals surface area contributed by atoms with Crippen molar-refractivity contribution in [3.05, 3.63) is 34.9 Å². The lowest BCUT2D eigenvalue weighted by Gasteiger charge is -2.32. The summed E-state index contributed by atoms with van der Waals surface area (Å²) in [6, 6.07) is 8.33. The van der Waals surface area contributed by atoms with Gasteiger partial charge in [-0.1, -0.05) is 30.2 Å². The number of carbonyl (C=O) groups excluding carboxylic acids is 1. The van der Waals surface area contributed by atoms with Gasteiger partial charge >= 0.3 is 0 Å². The average molecular weight is 343 g/mol. The van der Waals surface area contributed by atoms with Crippen molar-refractivity contribution < 1.29 is 4.79 Å². The summed E-state index contributed by atoms with van der Waals surface area (Å²) in [5.41, 5.74) is 7.24. The Hall–Kier alpha value is -0.770. The van der Waals surface area contributed by atoms with E-state index in [0.29, 0.717) is 5.91 Å². The summed E-state index contributed by atoms with van der Waals surface area (Å²) in [4.78, 5) is 14.9. The van der Waals surface area contributed by atoms with E-state index >= 15 is 0 Å². The number of carbonyl (C=O) groups is 1. The number of hydrogen-bond acceptors (Lipinski definition) is 2. The number of hydrogen-bond donors (Lipinski definition) is 1. The van der Waals surface area contributed by atoms with Crippen LogP contribution in [0.1, 0.15) is 50.1 Å². The highest BCUT2D eigenvalue weighted by Crippen LogP contribution is 2.35. The molecule has 1 saturated carbocycles. The van der Waals surface area contributed by atoms with Gasteiger partial charge in [-0.25, -0.2) is 0 Å². The summed E-state index contributed by atoms with van der Waals surface area (Å²) in [6.07, 6.45) is 6.12. The smallest absolute Gasteiger partial charge is 0.226 e. The summed E-state index contributed by atoms with van der Waals surface area (Å²) >= 11 is 5.96. The molecule has 3 nitrogen and oxygen atoms in total. The van der Waals surface area contributed by atoms with Gasteiger partial charge in [-0.3, -0.25) is 4.79 Å². The van der Waals surface area contributed by atoms with Gasteiger partial charge in [0.1, 0.15) is 0 Å². The number of benzene rings is 1. The molecule has 0 aromatic heterocycles. The Bertz CT molecular complexity index is 506. The molecule has 1 aliphatic heterocycles. The average Bonchev–Trinajstić information content (AvgIpc) is 2.96. The number of halogens is 2. The molecule has 1 heterocycles. The Balaban J connectivity index is 0.00000176. The third-order valence-corrected chi connectivity index (χ3v) is 5.11. The fraction of sp³-hybridized carbons (Fsp3) is 0.588. The molecule has 1 aromatic carbocycles. The molecule has 3 rings (SSSR count). The number of nitrogens with two attached hydrogens (primary N) is 1. The molecule has 0 bridgehead atoms. The molecule has 122 valence electrons. The van der Waals surface area contributed by atoms with Crippen molar-refractivity contribution in [3.8, 4) is 0 Å². The van der Waals surface area contributed by atoms with Gasteiger partial charge in [0.2, 0.25) is 5.91 Å². The van der Waals surface area contributed by atoms with Crippen LogP contribution in [0.15, 0.2) is 24.3 Å². The van der Waals surface area contributed by atoms with E-state index in [1.807, 2.05) is 24.3 Å². The zero-order chi connectivity index (χ0) is 14.8. The molecular weight excluding hydrogens is 319 g/mol. The SMILES string of the molecule is Cl.NC1CCCC(C(=O)N2CCCC2c2ccc(Cl)cc2)C1. The Morgan fingerprint density at radius 3 is 2.55 bits per heavy atom. The Labute approximate surface area is 143 Å². The van der Waals surface area contributed by atoms with Crippen LogP contribution in [0.4, 0.5) is 0 Å². The maximum Gasteiger partial charge on any atom is 0.226 e. The highest BCUT2D eigenvalue weighted by Gasteiger charge is 2.35. The van der Waals surface area contributed by atoms with E-state index in [1.165, 1.54) is 5.56 Å². The molecule has 5 heteroatoms. The lowest BCUT2D eigenvalue weighted by molar-refractivity contribution is -0.137. The minimum Gasteiger partial charge on any atom is -0.335 e. The van der Waals surface area contributed by atoms with Gasteiger partial charge in [0.05, 0.1) is 6.04 Å². The van der Waals surface area contributed by atoms with Crippen LogP contribution in [0.25, 0.3) is 0 Å². The van der Waals surface area contributed by atoms with Crippen LogP contribution in [0.5, 0.6) is 0 Å². The van der Waals surface area contributed by atoms with Crippen molar-refractivity contribution in [2.75, 3.05) is 6.54 Å². The van der Waals surface area contributed by atoms with Gasteiger partial charge < -0.3 is 10.6 Å². The van der Waals surface area contributed by atoms with Crippen molar-refractivity contribution in [2.45, 2.75) is 50.6 Å². The quantitative estimate of drug-likeness (QED) is 0.884. The van der Waals surface area contributed by atoms with E-state index < -0.39 is 0 Å². The second-order valence-corrected chi connectivity index (χ2v) is 6.80. The maximum atomic E-state index is 12.8. The van der Waals surface area contributed by atoms with Gasteiger partial charge in [-0.05, 0) is 49.8 Å².